The molecule has 3 nitrogen and oxygen atoms in total. The van der Waals surface area contributed by atoms with Crippen LogP contribution in [0.4, 0.5) is 0 Å². The van der Waals surface area contributed by atoms with Crippen molar-refractivity contribution in [2.45, 2.75) is 71.0 Å². The molecular formula is C17H35N3. The quantitative estimate of drug-likeness (QED) is 0.835. The van der Waals surface area contributed by atoms with Gasteiger partial charge in [-0.15, -0.1) is 0 Å². The molecule has 2 rings (SSSR count). The van der Waals surface area contributed by atoms with Crippen LogP contribution in [0.3, 0.4) is 0 Å². The molecule has 20 heavy (non-hydrogen) atoms. The zero-order valence-corrected chi connectivity index (χ0v) is 14.3. The van der Waals surface area contributed by atoms with E-state index in [0.717, 1.165) is 12.6 Å². The van der Waals surface area contributed by atoms with Crippen LogP contribution in [0.15, 0.2) is 0 Å². The van der Waals surface area contributed by atoms with E-state index in [4.69, 9.17) is 0 Å². The first-order chi connectivity index (χ1) is 9.43. The Bertz CT molecular complexity index is 303. The molecule has 2 fully saturated rings. The average molecular weight is 281 g/mol. The highest BCUT2D eigenvalue weighted by molar-refractivity contribution is 4.95. The van der Waals surface area contributed by atoms with Gasteiger partial charge in [0, 0.05) is 24.7 Å². The maximum absolute atomic E-state index is 3.73. The predicted octanol–water partition coefficient (Wildman–Crippen LogP) is 2.57. The molecule has 0 aromatic rings. The Hall–Kier alpha value is -0.120. The molecule has 0 spiro atoms. The second-order valence-corrected chi connectivity index (χ2v) is 7.85. The highest BCUT2D eigenvalue weighted by Crippen LogP contribution is 2.37. The molecule has 0 bridgehead atoms. The summed E-state index contributed by atoms with van der Waals surface area (Å²) in [5, 5.41) is 3.73. The number of rotatable bonds is 5. The molecule has 1 N–H and O–H groups in total. The molecule has 3 atom stereocenters. The van der Waals surface area contributed by atoms with Crippen LogP contribution in [0.1, 0.15) is 52.9 Å². The molecule has 0 amide bonds. The lowest BCUT2D eigenvalue weighted by atomic mass is 9.72. The second-order valence-electron chi connectivity index (χ2n) is 7.85. The number of likely N-dealkylation sites (N-methyl/N-ethyl adjacent to an activating group) is 3. The Kier molecular flexibility index (Phi) is 5.49. The summed E-state index contributed by atoms with van der Waals surface area (Å²) in [4.78, 5) is 5.20. The van der Waals surface area contributed by atoms with E-state index in [1.807, 2.05) is 0 Å². The van der Waals surface area contributed by atoms with Crippen molar-refractivity contribution in [2.24, 2.45) is 5.41 Å². The van der Waals surface area contributed by atoms with Gasteiger partial charge in [0.25, 0.3) is 0 Å². The van der Waals surface area contributed by atoms with Crippen LogP contribution in [0, 0.1) is 5.41 Å². The van der Waals surface area contributed by atoms with Crippen molar-refractivity contribution >= 4 is 0 Å². The lowest BCUT2D eigenvalue weighted by molar-refractivity contribution is 0.0683. The van der Waals surface area contributed by atoms with Gasteiger partial charge in [-0.05, 0) is 64.7 Å². The van der Waals surface area contributed by atoms with Crippen molar-refractivity contribution in [3.05, 3.63) is 0 Å². The Morgan fingerprint density at radius 2 is 2.05 bits per heavy atom. The summed E-state index contributed by atoms with van der Waals surface area (Å²) in [6.07, 6.45) is 6.77. The van der Waals surface area contributed by atoms with Crippen LogP contribution in [-0.2, 0) is 0 Å². The minimum atomic E-state index is 0.506. The van der Waals surface area contributed by atoms with Gasteiger partial charge in [-0.1, -0.05) is 20.8 Å². The predicted molar refractivity (Wildman–Crippen MR) is 87.2 cm³/mol. The minimum Gasteiger partial charge on any atom is -0.313 e. The maximum Gasteiger partial charge on any atom is 0.0252 e. The second kappa shape index (κ2) is 6.76. The van der Waals surface area contributed by atoms with Gasteiger partial charge >= 0.3 is 0 Å². The first-order valence-electron chi connectivity index (χ1n) is 8.57. The van der Waals surface area contributed by atoms with E-state index < -0.39 is 0 Å². The Balaban J connectivity index is 1.97. The molecule has 1 saturated heterocycles. The molecule has 118 valence electrons. The highest BCUT2D eigenvalue weighted by atomic mass is 15.2. The third-order valence-electron chi connectivity index (χ3n) is 5.56. The SMILES string of the molecule is CCNC1CCC(C)(C)CC1N(C)CC1CCCN1C. The van der Waals surface area contributed by atoms with Gasteiger partial charge in [0.1, 0.15) is 0 Å². The largest absolute Gasteiger partial charge is 0.313 e. The number of hydrogen-bond acceptors (Lipinski definition) is 3. The molecular weight excluding hydrogens is 246 g/mol. The molecule has 0 aromatic carbocycles. The molecule has 1 aliphatic heterocycles. The molecule has 3 unspecified atom stereocenters. The van der Waals surface area contributed by atoms with Gasteiger partial charge < -0.3 is 15.1 Å². The molecule has 1 aliphatic carbocycles. The monoisotopic (exact) mass is 281 g/mol. The number of likely N-dealkylation sites (tertiary alicyclic amines) is 1. The molecule has 1 heterocycles. The lowest BCUT2D eigenvalue weighted by Gasteiger charge is -2.46. The summed E-state index contributed by atoms with van der Waals surface area (Å²) in [6, 6.07) is 2.16. The fourth-order valence-corrected chi connectivity index (χ4v) is 4.19. The normalized spacial score (nSPS) is 34.8. The van der Waals surface area contributed by atoms with Gasteiger partial charge in [0.15, 0.2) is 0 Å². The van der Waals surface area contributed by atoms with E-state index in [1.54, 1.807) is 0 Å². The van der Waals surface area contributed by atoms with Crippen molar-refractivity contribution in [2.75, 3.05) is 33.7 Å². The Morgan fingerprint density at radius 1 is 1.30 bits per heavy atom. The van der Waals surface area contributed by atoms with E-state index in [-0.39, 0.29) is 0 Å². The maximum atomic E-state index is 3.73. The third kappa shape index (κ3) is 3.96. The van der Waals surface area contributed by atoms with Crippen LogP contribution < -0.4 is 5.32 Å². The van der Waals surface area contributed by atoms with Gasteiger partial charge in [-0.25, -0.2) is 0 Å². The zero-order chi connectivity index (χ0) is 14.8. The van der Waals surface area contributed by atoms with Crippen molar-refractivity contribution in [1.82, 2.24) is 15.1 Å². The number of nitrogens with one attached hydrogen (secondary N) is 1. The summed E-state index contributed by atoms with van der Waals surface area (Å²) >= 11 is 0. The van der Waals surface area contributed by atoms with E-state index >= 15 is 0 Å². The van der Waals surface area contributed by atoms with E-state index in [0.29, 0.717) is 17.5 Å². The van der Waals surface area contributed by atoms with Crippen LogP contribution >= 0.6 is 0 Å². The highest BCUT2D eigenvalue weighted by Gasteiger charge is 2.37. The fraction of sp³-hybridized carbons (Fsp3) is 1.00. The molecule has 2 aliphatic rings. The summed E-state index contributed by atoms with van der Waals surface area (Å²) in [7, 11) is 4.64. The lowest BCUT2D eigenvalue weighted by Crippen LogP contribution is -2.55. The van der Waals surface area contributed by atoms with Gasteiger partial charge in [0.05, 0.1) is 0 Å². The molecule has 0 radical (unpaired) electrons. The van der Waals surface area contributed by atoms with E-state index in [2.05, 4.69) is 50.0 Å². The Labute approximate surface area is 126 Å². The summed E-state index contributed by atoms with van der Waals surface area (Å²) < 4.78 is 0. The van der Waals surface area contributed by atoms with Crippen LogP contribution in [-0.4, -0.2) is 61.7 Å². The Morgan fingerprint density at radius 3 is 2.65 bits per heavy atom. The van der Waals surface area contributed by atoms with Crippen molar-refractivity contribution in [1.29, 1.82) is 0 Å². The van der Waals surface area contributed by atoms with E-state index in [9.17, 15) is 0 Å². The average Bonchev–Trinajstić information content (AvgIpc) is 2.77. The topological polar surface area (TPSA) is 18.5 Å². The van der Waals surface area contributed by atoms with Gasteiger partial charge in [0.2, 0.25) is 0 Å². The summed E-state index contributed by atoms with van der Waals surface area (Å²) in [5.74, 6) is 0. The fourth-order valence-electron chi connectivity index (χ4n) is 4.19. The van der Waals surface area contributed by atoms with E-state index in [1.165, 1.54) is 45.2 Å². The van der Waals surface area contributed by atoms with Crippen LogP contribution in [0.2, 0.25) is 0 Å². The van der Waals surface area contributed by atoms with Gasteiger partial charge in [-0.2, -0.15) is 0 Å². The zero-order valence-electron chi connectivity index (χ0n) is 14.3. The first kappa shape index (κ1) is 16.3. The summed E-state index contributed by atoms with van der Waals surface area (Å²) in [5.41, 5.74) is 0.506. The van der Waals surface area contributed by atoms with Crippen molar-refractivity contribution in [3.63, 3.8) is 0 Å². The van der Waals surface area contributed by atoms with Crippen molar-refractivity contribution in [3.8, 4) is 0 Å². The standard InChI is InChI=1S/C17H35N3/c1-6-18-15-9-10-17(2,3)12-16(15)20(5)13-14-8-7-11-19(14)4/h14-16,18H,6-13H2,1-5H3. The summed E-state index contributed by atoms with van der Waals surface area (Å²) in [6.45, 7) is 10.7. The minimum absolute atomic E-state index is 0.506. The smallest absolute Gasteiger partial charge is 0.0252 e. The number of hydrogen-bond donors (Lipinski definition) is 1. The first-order valence-corrected chi connectivity index (χ1v) is 8.57. The van der Waals surface area contributed by atoms with Gasteiger partial charge in [-0.3, -0.25) is 0 Å². The van der Waals surface area contributed by atoms with Crippen LogP contribution in [0.25, 0.3) is 0 Å². The van der Waals surface area contributed by atoms with Crippen molar-refractivity contribution < 1.29 is 0 Å². The van der Waals surface area contributed by atoms with Crippen LogP contribution in [0.5, 0.6) is 0 Å². The molecule has 3 heteroatoms. The molecule has 1 saturated carbocycles. The third-order valence-corrected chi connectivity index (χ3v) is 5.56. The number of nitrogens with zero attached hydrogens (tertiary/aromatic N) is 2. The molecule has 0 aromatic heterocycles.